The van der Waals surface area contributed by atoms with Crippen LogP contribution in [0, 0.1) is 0 Å². The van der Waals surface area contributed by atoms with Gasteiger partial charge in [0, 0.05) is 23.5 Å². The molecule has 24 heavy (non-hydrogen) atoms. The molecule has 0 aromatic rings. The van der Waals surface area contributed by atoms with Gasteiger partial charge in [0.15, 0.2) is 0 Å². The van der Waals surface area contributed by atoms with Crippen LogP contribution in [0.4, 0.5) is 0 Å². The normalized spacial score (nSPS) is 22.2. The fourth-order valence-corrected chi connectivity index (χ4v) is 5.35. The molecule has 0 aliphatic heterocycles. The highest BCUT2D eigenvalue weighted by molar-refractivity contribution is 7.85. The Balaban J connectivity index is 2.07. The molecule has 1 rings (SSSR count). The molecule has 0 amide bonds. The minimum Gasteiger partial charge on any atom is -0.461 e. The van der Waals surface area contributed by atoms with E-state index in [9.17, 15) is 9.00 Å². The summed E-state index contributed by atoms with van der Waals surface area (Å²) in [5.74, 6) is 0.543. The third-order valence-electron chi connectivity index (χ3n) is 5.00. The molecule has 0 heterocycles. The number of hydrogen-bond donors (Lipinski definition) is 0. The monoisotopic (exact) mass is 358 g/mol. The Labute approximate surface area is 151 Å². The van der Waals surface area contributed by atoms with Crippen LogP contribution in [0.2, 0.25) is 0 Å². The van der Waals surface area contributed by atoms with Crippen LogP contribution in [0.15, 0.2) is 0 Å². The molecule has 142 valence electrons. The quantitative estimate of drug-likeness (QED) is 0.321. The topological polar surface area (TPSA) is 43.4 Å². The van der Waals surface area contributed by atoms with Gasteiger partial charge in [-0.05, 0) is 25.7 Å². The first kappa shape index (κ1) is 21.7. The van der Waals surface area contributed by atoms with E-state index in [1.54, 1.807) is 0 Å². The van der Waals surface area contributed by atoms with Gasteiger partial charge in [-0.2, -0.15) is 0 Å². The standard InChI is InChI=1S/C20H38O3S/c1-3-4-5-6-7-8-9-10-11-14-17-24(22)20-16-13-12-15-19(20)23-18(2)21/h19-20H,3-17H2,1-2H3/t19-,20-,24+/m0/s1. The van der Waals surface area contributed by atoms with Crippen LogP contribution in [0.1, 0.15) is 104 Å². The zero-order valence-electron chi connectivity index (χ0n) is 15.9. The molecular formula is C20H38O3S. The average molecular weight is 359 g/mol. The summed E-state index contributed by atoms with van der Waals surface area (Å²) in [6, 6.07) is 0. The zero-order valence-corrected chi connectivity index (χ0v) is 16.7. The van der Waals surface area contributed by atoms with Crippen molar-refractivity contribution in [2.24, 2.45) is 0 Å². The number of esters is 1. The Hall–Kier alpha value is -0.380. The van der Waals surface area contributed by atoms with Gasteiger partial charge in [0.25, 0.3) is 0 Å². The lowest BCUT2D eigenvalue weighted by Gasteiger charge is -2.30. The van der Waals surface area contributed by atoms with Crippen molar-refractivity contribution in [1.82, 2.24) is 0 Å². The Morgan fingerprint density at radius 2 is 1.46 bits per heavy atom. The van der Waals surface area contributed by atoms with Crippen LogP contribution in [-0.4, -0.2) is 27.3 Å². The summed E-state index contributed by atoms with van der Waals surface area (Å²) in [5.41, 5.74) is 0. The van der Waals surface area contributed by atoms with Crippen LogP contribution in [-0.2, 0) is 20.3 Å². The van der Waals surface area contributed by atoms with Crippen molar-refractivity contribution in [3.8, 4) is 0 Å². The Kier molecular flexibility index (Phi) is 12.5. The van der Waals surface area contributed by atoms with Gasteiger partial charge in [0.2, 0.25) is 0 Å². The largest absolute Gasteiger partial charge is 0.461 e. The third kappa shape index (κ3) is 9.80. The van der Waals surface area contributed by atoms with Gasteiger partial charge in [-0.15, -0.1) is 0 Å². The highest BCUT2D eigenvalue weighted by Crippen LogP contribution is 2.26. The van der Waals surface area contributed by atoms with Crippen LogP contribution in [0.25, 0.3) is 0 Å². The second-order valence-corrected chi connectivity index (χ2v) is 9.01. The van der Waals surface area contributed by atoms with E-state index in [4.69, 9.17) is 4.74 Å². The van der Waals surface area contributed by atoms with Crippen molar-refractivity contribution in [2.75, 3.05) is 5.75 Å². The molecule has 0 aromatic carbocycles. The second-order valence-electron chi connectivity index (χ2n) is 7.24. The molecule has 3 nitrogen and oxygen atoms in total. The lowest BCUT2D eigenvalue weighted by molar-refractivity contribution is -0.147. The number of hydrogen-bond acceptors (Lipinski definition) is 3. The molecule has 0 bridgehead atoms. The van der Waals surface area contributed by atoms with Gasteiger partial charge >= 0.3 is 5.97 Å². The van der Waals surface area contributed by atoms with Crippen molar-refractivity contribution >= 4 is 16.8 Å². The van der Waals surface area contributed by atoms with Crippen LogP contribution >= 0.6 is 0 Å². The summed E-state index contributed by atoms with van der Waals surface area (Å²) < 4.78 is 17.9. The maximum Gasteiger partial charge on any atom is 0.302 e. The van der Waals surface area contributed by atoms with Gasteiger partial charge in [-0.1, -0.05) is 71.1 Å². The fraction of sp³-hybridized carbons (Fsp3) is 0.950. The van der Waals surface area contributed by atoms with Crippen molar-refractivity contribution < 1.29 is 13.7 Å². The number of unbranched alkanes of at least 4 members (excludes halogenated alkanes) is 9. The molecule has 0 saturated heterocycles. The van der Waals surface area contributed by atoms with Crippen molar-refractivity contribution in [1.29, 1.82) is 0 Å². The van der Waals surface area contributed by atoms with Crippen molar-refractivity contribution in [3.63, 3.8) is 0 Å². The molecule has 1 fully saturated rings. The molecule has 3 atom stereocenters. The van der Waals surface area contributed by atoms with Crippen LogP contribution in [0.5, 0.6) is 0 Å². The third-order valence-corrected chi connectivity index (χ3v) is 6.90. The van der Waals surface area contributed by atoms with E-state index >= 15 is 0 Å². The summed E-state index contributed by atoms with van der Waals surface area (Å²) >= 11 is 0. The molecule has 0 N–H and O–H groups in total. The summed E-state index contributed by atoms with van der Waals surface area (Å²) in [4.78, 5) is 11.2. The second kappa shape index (κ2) is 13.9. The van der Waals surface area contributed by atoms with Gasteiger partial charge in [0.05, 0.1) is 5.25 Å². The van der Waals surface area contributed by atoms with Crippen molar-refractivity contribution in [3.05, 3.63) is 0 Å². The number of ether oxygens (including phenoxy) is 1. The average Bonchev–Trinajstić information content (AvgIpc) is 2.56. The summed E-state index contributed by atoms with van der Waals surface area (Å²) in [6.45, 7) is 3.71. The van der Waals surface area contributed by atoms with Gasteiger partial charge in [0.1, 0.15) is 6.10 Å². The summed E-state index contributed by atoms with van der Waals surface area (Å²) in [5, 5.41) is 0.0706. The minimum absolute atomic E-state index is 0.0706. The van der Waals surface area contributed by atoms with Crippen molar-refractivity contribution in [2.45, 2.75) is 115 Å². The summed E-state index contributed by atoms with van der Waals surface area (Å²) in [6.07, 6.45) is 16.9. The fourth-order valence-electron chi connectivity index (χ4n) is 3.59. The van der Waals surface area contributed by atoms with E-state index in [2.05, 4.69) is 6.92 Å². The Morgan fingerprint density at radius 3 is 2.04 bits per heavy atom. The van der Waals surface area contributed by atoms with E-state index in [1.165, 1.54) is 64.7 Å². The highest BCUT2D eigenvalue weighted by atomic mass is 32.2. The van der Waals surface area contributed by atoms with E-state index in [1.807, 2.05) is 0 Å². The lowest BCUT2D eigenvalue weighted by atomic mass is 9.97. The Morgan fingerprint density at radius 1 is 0.917 bits per heavy atom. The SMILES string of the molecule is CCCCCCCCCCCC[S@@](=O)[C@H]1CCCC[C@@H]1OC(C)=O. The zero-order chi connectivity index (χ0) is 17.6. The number of carbonyl (C=O) groups excluding carboxylic acids is 1. The number of carbonyl (C=O) groups is 1. The first-order chi connectivity index (χ1) is 11.6. The van der Waals surface area contributed by atoms with E-state index < -0.39 is 10.8 Å². The molecule has 4 heteroatoms. The van der Waals surface area contributed by atoms with E-state index in [0.717, 1.165) is 37.9 Å². The van der Waals surface area contributed by atoms with Gasteiger partial charge < -0.3 is 4.74 Å². The molecule has 0 spiro atoms. The van der Waals surface area contributed by atoms with E-state index in [-0.39, 0.29) is 17.3 Å². The molecule has 0 aromatic heterocycles. The number of rotatable bonds is 13. The smallest absolute Gasteiger partial charge is 0.302 e. The predicted octanol–water partition coefficient (Wildman–Crippen LogP) is 5.53. The lowest BCUT2D eigenvalue weighted by Crippen LogP contribution is -2.37. The molecule has 1 aliphatic rings. The first-order valence-corrected chi connectivity index (χ1v) is 11.6. The minimum atomic E-state index is -0.843. The Bertz CT molecular complexity index is 357. The van der Waals surface area contributed by atoms with Gasteiger partial charge in [-0.25, -0.2) is 0 Å². The van der Waals surface area contributed by atoms with Gasteiger partial charge in [-0.3, -0.25) is 9.00 Å². The van der Waals surface area contributed by atoms with Crippen LogP contribution < -0.4 is 0 Å². The predicted molar refractivity (Wildman–Crippen MR) is 103 cm³/mol. The molecular weight excluding hydrogens is 320 g/mol. The maximum absolute atomic E-state index is 12.5. The first-order valence-electron chi connectivity index (χ1n) is 10.2. The molecule has 1 saturated carbocycles. The molecule has 0 unspecified atom stereocenters. The summed E-state index contributed by atoms with van der Waals surface area (Å²) in [7, 11) is -0.843. The highest BCUT2D eigenvalue weighted by Gasteiger charge is 2.31. The van der Waals surface area contributed by atoms with Crippen LogP contribution in [0.3, 0.4) is 0 Å². The van der Waals surface area contributed by atoms with E-state index in [0.29, 0.717) is 0 Å². The molecule has 1 aliphatic carbocycles. The maximum atomic E-state index is 12.5. The molecule has 0 radical (unpaired) electrons.